The molecule has 1 saturated heterocycles. The Labute approximate surface area is 172 Å². The first-order valence-corrected chi connectivity index (χ1v) is 10.4. The van der Waals surface area contributed by atoms with Crippen LogP contribution in [0, 0.1) is 5.92 Å². The quantitative estimate of drug-likeness (QED) is 0.705. The summed E-state index contributed by atoms with van der Waals surface area (Å²) < 4.78 is 11.3. The molecule has 0 aromatic heterocycles. The Morgan fingerprint density at radius 2 is 1.89 bits per heavy atom. The van der Waals surface area contributed by atoms with Crippen LogP contribution in [-0.4, -0.2) is 49.1 Å². The van der Waals surface area contributed by atoms with Gasteiger partial charge in [-0.25, -0.2) is 0 Å². The molecule has 1 aliphatic rings. The van der Waals surface area contributed by atoms with Crippen molar-refractivity contribution in [3.63, 3.8) is 0 Å². The first kappa shape index (κ1) is 22.3. The summed E-state index contributed by atoms with van der Waals surface area (Å²) in [5.41, 5.74) is 0.443. The summed E-state index contributed by atoms with van der Waals surface area (Å²) in [6, 6.07) is 3.32. The Kier molecular flexibility index (Phi) is 8.42. The molecule has 0 radical (unpaired) electrons. The van der Waals surface area contributed by atoms with Crippen LogP contribution in [0.5, 0.6) is 11.5 Å². The Balaban J connectivity index is 2.03. The van der Waals surface area contributed by atoms with E-state index in [0.29, 0.717) is 48.4 Å². The van der Waals surface area contributed by atoms with Crippen molar-refractivity contribution in [1.29, 1.82) is 0 Å². The van der Waals surface area contributed by atoms with Crippen LogP contribution in [-0.2, 0) is 4.79 Å². The number of nitrogens with zero attached hydrogens (tertiary/aromatic N) is 1. The Morgan fingerprint density at radius 1 is 1.21 bits per heavy atom. The minimum Gasteiger partial charge on any atom is -0.490 e. The van der Waals surface area contributed by atoms with Crippen molar-refractivity contribution < 1.29 is 19.1 Å². The number of halogens is 1. The van der Waals surface area contributed by atoms with Crippen LogP contribution in [0.2, 0.25) is 5.02 Å². The molecule has 1 heterocycles. The molecule has 0 spiro atoms. The molecule has 1 N–H and O–H groups in total. The third kappa shape index (κ3) is 5.77. The van der Waals surface area contributed by atoms with Gasteiger partial charge in [-0.05, 0) is 38.3 Å². The summed E-state index contributed by atoms with van der Waals surface area (Å²) in [6.45, 7) is 10.00. The van der Waals surface area contributed by atoms with Gasteiger partial charge in [0.1, 0.15) is 0 Å². The average Bonchev–Trinajstić information content (AvgIpc) is 2.67. The van der Waals surface area contributed by atoms with Crippen LogP contribution in [0.25, 0.3) is 0 Å². The second-order valence-corrected chi connectivity index (χ2v) is 7.70. The lowest BCUT2D eigenvalue weighted by molar-refractivity contribution is -0.135. The van der Waals surface area contributed by atoms with Crippen LogP contribution in [0.15, 0.2) is 12.1 Å². The molecule has 1 aromatic carbocycles. The number of piperidine rings is 1. The Hall–Kier alpha value is -1.95. The van der Waals surface area contributed by atoms with E-state index in [-0.39, 0.29) is 23.8 Å². The van der Waals surface area contributed by atoms with Crippen molar-refractivity contribution in [2.45, 2.75) is 53.0 Å². The first-order chi connectivity index (χ1) is 13.4. The number of rotatable bonds is 8. The lowest BCUT2D eigenvalue weighted by atomic mass is 10.0. The zero-order valence-corrected chi connectivity index (χ0v) is 18.0. The molecule has 6 nitrogen and oxygen atoms in total. The van der Waals surface area contributed by atoms with Crippen molar-refractivity contribution in [3.05, 3.63) is 22.7 Å². The van der Waals surface area contributed by atoms with Gasteiger partial charge in [0, 0.05) is 30.6 Å². The number of ether oxygens (including phenoxy) is 2. The van der Waals surface area contributed by atoms with Gasteiger partial charge in [-0.2, -0.15) is 0 Å². The molecule has 1 aliphatic heterocycles. The molecule has 1 aromatic rings. The molecule has 2 amide bonds. The number of likely N-dealkylation sites (tertiary alicyclic amines) is 1. The molecule has 2 rings (SSSR count). The van der Waals surface area contributed by atoms with E-state index >= 15 is 0 Å². The van der Waals surface area contributed by atoms with Crippen molar-refractivity contribution in [2.75, 3.05) is 26.3 Å². The maximum Gasteiger partial charge on any atom is 0.251 e. The number of nitrogens with one attached hydrogen (secondary N) is 1. The third-order valence-electron chi connectivity index (χ3n) is 4.66. The predicted octanol–water partition coefficient (Wildman–Crippen LogP) is 3.90. The van der Waals surface area contributed by atoms with Crippen LogP contribution < -0.4 is 14.8 Å². The van der Waals surface area contributed by atoms with Crippen molar-refractivity contribution >= 4 is 23.4 Å². The number of amides is 2. The van der Waals surface area contributed by atoms with Crippen molar-refractivity contribution in [3.8, 4) is 11.5 Å². The van der Waals surface area contributed by atoms with Gasteiger partial charge < -0.3 is 19.7 Å². The lowest BCUT2D eigenvalue weighted by Gasteiger charge is -2.33. The van der Waals surface area contributed by atoms with E-state index in [0.717, 1.165) is 19.3 Å². The molecule has 7 heteroatoms. The molecule has 28 heavy (non-hydrogen) atoms. The standard InChI is InChI=1S/C21H31ClN2O4/c1-5-11-28-19-17(22)12-15(13-18(19)27-6-2)20(25)23-16-7-9-24(10-8-16)21(26)14(3)4/h12-14,16H,5-11H2,1-4H3,(H,23,25). The molecule has 0 atom stereocenters. The van der Waals surface area contributed by atoms with Crippen LogP contribution in [0.4, 0.5) is 0 Å². The number of benzene rings is 1. The Morgan fingerprint density at radius 3 is 2.46 bits per heavy atom. The first-order valence-electron chi connectivity index (χ1n) is 10.1. The number of carbonyl (C=O) groups excluding carboxylic acids is 2. The van der Waals surface area contributed by atoms with Crippen LogP contribution in [0.1, 0.15) is 57.3 Å². The van der Waals surface area contributed by atoms with Gasteiger partial charge >= 0.3 is 0 Å². The van der Waals surface area contributed by atoms with E-state index in [2.05, 4.69) is 5.32 Å². The summed E-state index contributed by atoms with van der Waals surface area (Å²) in [4.78, 5) is 26.7. The van der Waals surface area contributed by atoms with E-state index in [9.17, 15) is 9.59 Å². The second kappa shape index (κ2) is 10.6. The van der Waals surface area contributed by atoms with E-state index in [1.165, 1.54) is 0 Å². The zero-order valence-electron chi connectivity index (χ0n) is 17.2. The minimum atomic E-state index is -0.196. The average molecular weight is 411 g/mol. The summed E-state index contributed by atoms with van der Waals surface area (Å²) in [7, 11) is 0. The molecular formula is C21H31ClN2O4. The number of hydrogen-bond acceptors (Lipinski definition) is 4. The molecule has 0 bridgehead atoms. The fourth-order valence-corrected chi connectivity index (χ4v) is 3.45. The van der Waals surface area contributed by atoms with Gasteiger partial charge in [0.15, 0.2) is 11.5 Å². The second-order valence-electron chi connectivity index (χ2n) is 7.29. The zero-order chi connectivity index (χ0) is 20.7. The highest BCUT2D eigenvalue weighted by atomic mass is 35.5. The largest absolute Gasteiger partial charge is 0.490 e. The van der Waals surface area contributed by atoms with Gasteiger partial charge in [0.25, 0.3) is 5.91 Å². The van der Waals surface area contributed by atoms with E-state index in [4.69, 9.17) is 21.1 Å². The van der Waals surface area contributed by atoms with E-state index < -0.39 is 0 Å². The fraction of sp³-hybridized carbons (Fsp3) is 0.619. The predicted molar refractivity (Wildman–Crippen MR) is 110 cm³/mol. The molecular weight excluding hydrogens is 380 g/mol. The summed E-state index contributed by atoms with van der Waals surface area (Å²) >= 11 is 6.35. The van der Waals surface area contributed by atoms with Crippen LogP contribution in [0.3, 0.4) is 0 Å². The SMILES string of the molecule is CCCOc1c(Cl)cc(C(=O)NC2CCN(C(=O)C(C)C)CC2)cc1OCC. The highest BCUT2D eigenvalue weighted by Crippen LogP contribution is 2.37. The van der Waals surface area contributed by atoms with Gasteiger partial charge in [0.2, 0.25) is 5.91 Å². The smallest absolute Gasteiger partial charge is 0.251 e. The molecule has 1 fully saturated rings. The monoisotopic (exact) mass is 410 g/mol. The summed E-state index contributed by atoms with van der Waals surface area (Å²) in [5.74, 6) is 0.922. The fourth-order valence-electron chi connectivity index (χ4n) is 3.18. The molecule has 0 aliphatic carbocycles. The van der Waals surface area contributed by atoms with Gasteiger partial charge in [-0.1, -0.05) is 32.4 Å². The molecule has 156 valence electrons. The van der Waals surface area contributed by atoms with Crippen molar-refractivity contribution in [1.82, 2.24) is 10.2 Å². The maximum absolute atomic E-state index is 12.7. The van der Waals surface area contributed by atoms with Gasteiger partial charge in [0.05, 0.1) is 18.2 Å². The van der Waals surface area contributed by atoms with Crippen LogP contribution >= 0.6 is 11.6 Å². The van der Waals surface area contributed by atoms with Crippen molar-refractivity contribution in [2.24, 2.45) is 5.92 Å². The Bertz CT molecular complexity index is 685. The third-order valence-corrected chi connectivity index (χ3v) is 4.94. The molecule has 0 saturated carbocycles. The summed E-state index contributed by atoms with van der Waals surface area (Å²) in [5, 5.41) is 3.41. The normalized spacial score (nSPS) is 14.9. The highest BCUT2D eigenvalue weighted by molar-refractivity contribution is 6.32. The lowest BCUT2D eigenvalue weighted by Crippen LogP contribution is -2.47. The maximum atomic E-state index is 12.7. The topological polar surface area (TPSA) is 67.9 Å². The van der Waals surface area contributed by atoms with Gasteiger partial charge in [-0.3, -0.25) is 9.59 Å². The van der Waals surface area contributed by atoms with E-state index in [1.54, 1.807) is 12.1 Å². The molecule has 0 unspecified atom stereocenters. The number of carbonyl (C=O) groups is 2. The van der Waals surface area contributed by atoms with E-state index in [1.807, 2.05) is 32.6 Å². The highest BCUT2D eigenvalue weighted by Gasteiger charge is 2.26. The minimum absolute atomic E-state index is 0.00119. The number of hydrogen-bond donors (Lipinski definition) is 1. The van der Waals surface area contributed by atoms with Gasteiger partial charge in [-0.15, -0.1) is 0 Å². The summed E-state index contributed by atoms with van der Waals surface area (Å²) in [6.07, 6.45) is 2.34.